The predicted octanol–water partition coefficient (Wildman–Crippen LogP) is 2.73. The summed E-state index contributed by atoms with van der Waals surface area (Å²) in [6, 6.07) is 4.08. The van der Waals surface area contributed by atoms with E-state index in [0.29, 0.717) is 24.3 Å². The highest BCUT2D eigenvalue weighted by molar-refractivity contribution is 6.00. The summed E-state index contributed by atoms with van der Waals surface area (Å²) in [6.45, 7) is 2.73. The monoisotopic (exact) mass is 418 g/mol. The Hall–Kier alpha value is -3.07. The van der Waals surface area contributed by atoms with E-state index in [0.717, 1.165) is 12.1 Å². The zero-order chi connectivity index (χ0) is 21.3. The Morgan fingerprint density at radius 2 is 2.17 bits per heavy atom. The first kappa shape index (κ1) is 20.2. The van der Waals surface area contributed by atoms with Gasteiger partial charge in [0.2, 0.25) is 0 Å². The lowest BCUT2D eigenvalue weighted by molar-refractivity contribution is -0.0440. The standard InChI is InChI=1S/C21H20F2N2O5/c1-2-29-21(27)12-7-14-16(24-9-12)10-25(20(14)26)17-11-28-6-5-19(17)30-18-4-3-13(22)8-15(18)23/h3-4,7-9,17,19H,2,5-6,10-11H2,1H3. The molecule has 0 N–H and O–H groups in total. The SMILES string of the molecule is CCOC(=O)c1cnc2c(c1)C(=O)N(C1COCCC1Oc1ccc(F)cc1F)C2. The molecular formula is C21H20F2N2O5. The number of ether oxygens (including phenoxy) is 3. The molecule has 30 heavy (non-hydrogen) atoms. The number of hydrogen-bond acceptors (Lipinski definition) is 6. The average Bonchev–Trinajstić information content (AvgIpc) is 3.06. The number of benzene rings is 1. The van der Waals surface area contributed by atoms with Gasteiger partial charge in [0.25, 0.3) is 5.91 Å². The summed E-state index contributed by atoms with van der Waals surface area (Å²) in [4.78, 5) is 30.8. The van der Waals surface area contributed by atoms with Crippen LogP contribution in [0, 0.1) is 11.6 Å². The molecule has 0 spiro atoms. The minimum absolute atomic E-state index is 0.0832. The summed E-state index contributed by atoms with van der Waals surface area (Å²) in [5, 5.41) is 0. The average molecular weight is 418 g/mol. The molecule has 7 nitrogen and oxygen atoms in total. The number of pyridine rings is 1. The second-order valence-electron chi connectivity index (χ2n) is 7.03. The van der Waals surface area contributed by atoms with Gasteiger partial charge >= 0.3 is 5.97 Å². The van der Waals surface area contributed by atoms with Gasteiger partial charge in [-0.15, -0.1) is 0 Å². The van der Waals surface area contributed by atoms with Crippen LogP contribution >= 0.6 is 0 Å². The van der Waals surface area contributed by atoms with Crippen LogP contribution in [0.25, 0.3) is 0 Å². The van der Waals surface area contributed by atoms with Crippen molar-refractivity contribution in [3.8, 4) is 5.75 Å². The molecule has 0 aliphatic carbocycles. The minimum Gasteiger partial charge on any atom is -0.485 e. The summed E-state index contributed by atoms with van der Waals surface area (Å²) in [7, 11) is 0. The van der Waals surface area contributed by atoms with Crippen molar-refractivity contribution in [3.63, 3.8) is 0 Å². The van der Waals surface area contributed by atoms with E-state index >= 15 is 0 Å². The molecule has 0 saturated carbocycles. The normalized spacial score (nSPS) is 20.8. The molecule has 2 aliphatic heterocycles. The van der Waals surface area contributed by atoms with Crippen LogP contribution in [-0.4, -0.2) is 53.7 Å². The number of halogens is 2. The molecule has 0 radical (unpaired) electrons. The lowest BCUT2D eigenvalue weighted by atomic mass is 10.0. The Labute approximate surface area is 171 Å². The van der Waals surface area contributed by atoms with Crippen molar-refractivity contribution in [2.45, 2.75) is 32.0 Å². The topological polar surface area (TPSA) is 78.0 Å². The lowest BCUT2D eigenvalue weighted by Crippen LogP contribution is -2.52. The molecule has 3 heterocycles. The molecule has 2 atom stereocenters. The molecule has 1 amide bonds. The smallest absolute Gasteiger partial charge is 0.339 e. The fourth-order valence-corrected chi connectivity index (χ4v) is 3.65. The number of carbonyl (C=O) groups excluding carboxylic acids is 2. The van der Waals surface area contributed by atoms with Crippen molar-refractivity contribution in [1.82, 2.24) is 9.88 Å². The summed E-state index contributed by atoms with van der Waals surface area (Å²) in [6.07, 6.45) is 1.28. The molecule has 1 aromatic heterocycles. The van der Waals surface area contributed by atoms with E-state index in [4.69, 9.17) is 14.2 Å². The zero-order valence-electron chi connectivity index (χ0n) is 16.3. The first-order valence-electron chi connectivity index (χ1n) is 9.64. The second-order valence-corrected chi connectivity index (χ2v) is 7.03. The fraction of sp³-hybridized carbons (Fsp3) is 0.381. The molecule has 1 fully saturated rings. The van der Waals surface area contributed by atoms with Crippen LogP contribution in [0.5, 0.6) is 5.75 Å². The van der Waals surface area contributed by atoms with Gasteiger partial charge in [0.15, 0.2) is 11.6 Å². The molecule has 0 bridgehead atoms. The van der Waals surface area contributed by atoms with E-state index < -0.39 is 29.7 Å². The number of nitrogens with zero attached hydrogens (tertiary/aromatic N) is 2. The fourth-order valence-electron chi connectivity index (χ4n) is 3.65. The van der Waals surface area contributed by atoms with Crippen molar-refractivity contribution in [2.75, 3.05) is 19.8 Å². The lowest BCUT2D eigenvalue weighted by Gasteiger charge is -2.37. The number of aromatic nitrogens is 1. The third-order valence-electron chi connectivity index (χ3n) is 5.13. The first-order chi connectivity index (χ1) is 14.5. The van der Waals surface area contributed by atoms with Gasteiger partial charge in [-0.1, -0.05) is 0 Å². The van der Waals surface area contributed by atoms with Crippen molar-refractivity contribution in [2.24, 2.45) is 0 Å². The van der Waals surface area contributed by atoms with Gasteiger partial charge in [-0.2, -0.15) is 0 Å². The number of esters is 1. The Bertz CT molecular complexity index is 984. The van der Waals surface area contributed by atoms with Gasteiger partial charge in [-0.25, -0.2) is 13.6 Å². The Morgan fingerprint density at radius 3 is 2.93 bits per heavy atom. The Kier molecular flexibility index (Phi) is 5.63. The van der Waals surface area contributed by atoms with Crippen LogP contribution in [0.4, 0.5) is 8.78 Å². The number of hydrogen-bond donors (Lipinski definition) is 0. The molecule has 158 valence electrons. The van der Waals surface area contributed by atoms with Gasteiger partial charge in [0.1, 0.15) is 11.9 Å². The van der Waals surface area contributed by atoms with E-state index in [2.05, 4.69) is 4.98 Å². The van der Waals surface area contributed by atoms with Crippen molar-refractivity contribution in [1.29, 1.82) is 0 Å². The van der Waals surface area contributed by atoms with Crippen LogP contribution in [0.3, 0.4) is 0 Å². The highest BCUT2D eigenvalue weighted by Gasteiger charge is 2.40. The van der Waals surface area contributed by atoms with Crippen molar-refractivity contribution >= 4 is 11.9 Å². The number of rotatable bonds is 5. The van der Waals surface area contributed by atoms with E-state index in [9.17, 15) is 18.4 Å². The summed E-state index contributed by atoms with van der Waals surface area (Å²) in [5.41, 5.74) is 1.05. The van der Waals surface area contributed by atoms with E-state index in [1.54, 1.807) is 11.8 Å². The largest absolute Gasteiger partial charge is 0.485 e. The maximum absolute atomic E-state index is 14.1. The maximum atomic E-state index is 14.1. The molecule has 1 saturated heterocycles. The maximum Gasteiger partial charge on any atom is 0.339 e. The van der Waals surface area contributed by atoms with Crippen LogP contribution in [0.2, 0.25) is 0 Å². The Balaban J connectivity index is 1.55. The highest BCUT2D eigenvalue weighted by Crippen LogP contribution is 2.30. The third-order valence-corrected chi connectivity index (χ3v) is 5.13. The van der Waals surface area contributed by atoms with Gasteiger partial charge in [0, 0.05) is 18.7 Å². The van der Waals surface area contributed by atoms with Gasteiger partial charge in [-0.05, 0) is 25.1 Å². The van der Waals surface area contributed by atoms with Crippen molar-refractivity contribution < 1.29 is 32.6 Å². The Morgan fingerprint density at radius 1 is 1.33 bits per heavy atom. The van der Waals surface area contributed by atoms with Gasteiger partial charge < -0.3 is 19.1 Å². The van der Waals surface area contributed by atoms with Crippen molar-refractivity contribution in [3.05, 3.63) is 58.9 Å². The molecule has 2 aliphatic rings. The zero-order valence-corrected chi connectivity index (χ0v) is 16.3. The van der Waals surface area contributed by atoms with E-state index in [1.807, 2.05) is 0 Å². The van der Waals surface area contributed by atoms with Crippen LogP contribution in [0.1, 0.15) is 39.8 Å². The minimum atomic E-state index is -0.808. The van der Waals surface area contributed by atoms with Crippen LogP contribution < -0.4 is 4.74 Å². The molecule has 2 unspecified atom stereocenters. The molecule has 1 aromatic carbocycles. The van der Waals surface area contributed by atoms with E-state index in [-0.39, 0.29) is 37.0 Å². The molecule has 9 heteroatoms. The summed E-state index contributed by atoms with van der Waals surface area (Å²) >= 11 is 0. The predicted molar refractivity (Wildman–Crippen MR) is 100 cm³/mol. The summed E-state index contributed by atoms with van der Waals surface area (Å²) < 4.78 is 43.5. The molecule has 2 aromatic rings. The van der Waals surface area contributed by atoms with Crippen LogP contribution in [0.15, 0.2) is 30.5 Å². The van der Waals surface area contributed by atoms with E-state index in [1.165, 1.54) is 18.3 Å². The quantitative estimate of drug-likeness (QED) is 0.695. The number of amides is 1. The highest BCUT2D eigenvalue weighted by atomic mass is 19.1. The number of carbonyl (C=O) groups is 2. The summed E-state index contributed by atoms with van der Waals surface area (Å²) in [5.74, 6) is -2.45. The third kappa shape index (κ3) is 3.85. The molecule has 4 rings (SSSR count). The number of fused-ring (bicyclic) bond motifs is 1. The van der Waals surface area contributed by atoms with Gasteiger partial charge in [0.05, 0.1) is 49.2 Å². The van der Waals surface area contributed by atoms with Crippen LogP contribution in [-0.2, 0) is 16.0 Å². The molecular weight excluding hydrogens is 398 g/mol. The second kappa shape index (κ2) is 8.35. The first-order valence-corrected chi connectivity index (χ1v) is 9.64. The van der Waals surface area contributed by atoms with Gasteiger partial charge in [-0.3, -0.25) is 9.78 Å².